The number of Topliss-reactive ketones (excluding diaryl/α,β-unsaturated/α-hetero) is 2. The highest BCUT2D eigenvalue weighted by molar-refractivity contribution is 6.26. The number of rotatable bonds is 3. The van der Waals surface area contributed by atoms with Gasteiger partial charge in [0, 0.05) is 24.5 Å². The van der Waals surface area contributed by atoms with Crippen molar-refractivity contribution in [3.63, 3.8) is 0 Å². The summed E-state index contributed by atoms with van der Waals surface area (Å²) in [7, 11) is 0. The number of aliphatic hydroxyl groups excluding tert-OH is 1. The van der Waals surface area contributed by atoms with Crippen LogP contribution in [0.25, 0.3) is 11.3 Å². The quantitative estimate of drug-likeness (QED) is 0.267. The molecule has 1 aliphatic carbocycles. The fraction of sp³-hybridized carbons (Fsp3) is 0.429. The number of allylic oxidation sites excluding steroid dienone is 3. The molecule has 0 amide bonds. The molecule has 6 nitrogen and oxygen atoms in total. The van der Waals surface area contributed by atoms with Gasteiger partial charge in [-0.1, -0.05) is 19.4 Å². The molecule has 1 aliphatic rings. The third kappa shape index (κ3) is 3.84. The predicted octanol–water partition coefficient (Wildman–Crippen LogP) is 4.94. The van der Waals surface area contributed by atoms with E-state index in [0.29, 0.717) is 11.1 Å². The van der Waals surface area contributed by atoms with E-state index in [1.807, 2.05) is 27.7 Å². The van der Waals surface area contributed by atoms with Crippen LogP contribution < -0.4 is 0 Å². The van der Waals surface area contributed by atoms with Gasteiger partial charge < -0.3 is 5.11 Å². The first-order valence-corrected chi connectivity index (χ1v) is 8.80. The number of nitrogens with zero attached hydrogens (tertiary/aromatic N) is 1. The van der Waals surface area contributed by atoms with Gasteiger partial charge in [-0.2, -0.15) is 0 Å². The molecule has 6 heteroatoms. The van der Waals surface area contributed by atoms with Crippen LogP contribution in [0.5, 0.6) is 0 Å². The zero-order valence-corrected chi connectivity index (χ0v) is 16.6. The van der Waals surface area contributed by atoms with E-state index < -0.39 is 27.7 Å². The molecular formula is C21H25NO5. The van der Waals surface area contributed by atoms with Gasteiger partial charge in [-0.15, -0.1) is 0 Å². The Morgan fingerprint density at radius 2 is 1.63 bits per heavy atom. The fourth-order valence-electron chi connectivity index (χ4n) is 3.49. The first-order valence-electron chi connectivity index (χ1n) is 8.80. The van der Waals surface area contributed by atoms with Gasteiger partial charge in [-0.05, 0) is 50.3 Å². The first kappa shape index (κ1) is 20.6. The summed E-state index contributed by atoms with van der Waals surface area (Å²) in [4.78, 5) is 36.0. The zero-order valence-electron chi connectivity index (χ0n) is 16.6. The average Bonchev–Trinajstić information content (AvgIpc) is 2.51. The number of hydrogen-bond acceptors (Lipinski definition) is 5. The molecule has 1 N–H and O–H groups in total. The summed E-state index contributed by atoms with van der Waals surface area (Å²) in [6, 6.07) is 2.71. The van der Waals surface area contributed by atoms with Crippen molar-refractivity contribution in [3.05, 3.63) is 50.1 Å². The minimum Gasteiger partial charge on any atom is -0.506 e. The molecule has 27 heavy (non-hydrogen) atoms. The molecule has 0 radical (unpaired) electrons. The van der Waals surface area contributed by atoms with Crippen molar-refractivity contribution in [3.8, 4) is 0 Å². The highest BCUT2D eigenvalue weighted by atomic mass is 16.6. The highest BCUT2D eigenvalue weighted by Crippen LogP contribution is 2.39. The summed E-state index contributed by atoms with van der Waals surface area (Å²) in [5.41, 5.74) is 2.05. The molecule has 144 valence electrons. The van der Waals surface area contributed by atoms with E-state index in [1.54, 1.807) is 13.8 Å². The summed E-state index contributed by atoms with van der Waals surface area (Å²) >= 11 is 0. The van der Waals surface area contributed by atoms with Gasteiger partial charge in [0.05, 0.1) is 10.5 Å². The molecule has 1 aromatic carbocycles. The van der Waals surface area contributed by atoms with Crippen molar-refractivity contribution < 1.29 is 19.6 Å². The van der Waals surface area contributed by atoms with Crippen molar-refractivity contribution in [1.29, 1.82) is 0 Å². The molecular weight excluding hydrogens is 346 g/mol. The number of nitro benzene ring substituents is 1. The van der Waals surface area contributed by atoms with Crippen LogP contribution in [0, 0.1) is 22.5 Å². The standard InChI is InChI=1S/C21H25NO5/c1-11(2)12(3)18-13(4)14(7-8-15(18)22(26)27)20(25)19-16(23)9-21(5,6)10-17(19)24/h7-8,25H,9-10H2,1-6H3. The van der Waals surface area contributed by atoms with Gasteiger partial charge in [-0.3, -0.25) is 19.7 Å². The van der Waals surface area contributed by atoms with E-state index in [-0.39, 0.29) is 29.7 Å². The Morgan fingerprint density at radius 3 is 2.07 bits per heavy atom. The molecule has 0 spiro atoms. The van der Waals surface area contributed by atoms with E-state index in [0.717, 1.165) is 11.1 Å². The van der Waals surface area contributed by atoms with E-state index in [9.17, 15) is 24.8 Å². The van der Waals surface area contributed by atoms with E-state index in [2.05, 4.69) is 0 Å². The third-order valence-corrected chi connectivity index (χ3v) is 5.09. The minimum absolute atomic E-state index is 0.0739. The lowest BCUT2D eigenvalue weighted by Crippen LogP contribution is -2.32. The highest BCUT2D eigenvalue weighted by Gasteiger charge is 2.38. The fourth-order valence-corrected chi connectivity index (χ4v) is 3.49. The second-order valence-corrected chi connectivity index (χ2v) is 8.10. The Bertz CT molecular complexity index is 893. The van der Waals surface area contributed by atoms with Gasteiger partial charge in [0.15, 0.2) is 11.6 Å². The summed E-state index contributed by atoms with van der Waals surface area (Å²) < 4.78 is 0. The molecule has 0 heterocycles. The van der Waals surface area contributed by atoms with Crippen LogP contribution in [0.15, 0.2) is 23.3 Å². The van der Waals surface area contributed by atoms with Gasteiger partial charge in [0.2, 0.25) is 0 Å². The summed E-state index contributed by atoms with van der Waals surface area (Å²) in [6.45, 7) is 10.8. The van der Waals surface area contributed by atoms with Crippen LogP contribution in [-0.2, 0) is 9.59 Å². The Hall–Kier alpha value is -2.76. The van der Waals surface area contributed by atoms with E-state index in [1.165, 1.54) is 12.1 Å². The summed E-state index contributed by atoms with van der Waals surface area (Å²) in [5, 5.41) is 22.2. The van der Waals surface area contributed by atoms with Crippen LogP contribution in [-0.4, -0.2) is 21.6 Å². The van der Waals surface area contributed by atoms with Crippen LogP contribution in [0.1, 0.15) is 64.2 Å². The van der Waals surface area contributed by atoms with Crippen molar-refractivity contribution in [2.45, 2.75) is 54.4 Å². The number of ketones is 2. The minimum atomic E-state index is -0.470. The number of benzene rings is 1. The predicted molar refractivity (Wildman–Crippen MR) is 104 cm³/mol. The SMILES string of the molecule is CC(C)=C(C)c1c([N+](=O)[O-])ccc(C(O)=C2C(=O)CC(C)(C)CC2=O)c1C. The Morgan fingerprint density at radius 1 is 1.11 bits per heavy atom. The smallest absolute Gasteiger partial charge is 0.277 e. The Balaban J connectivity index is 2.75. The Kier molecular flexibility index (Phi) is 5.40. The molecule has 0 atom stereocenters. The average molecular weight is 371 g/mol. The van der Waals surface area contributed by atoms with Gasteiger partial charge in [0.25, 0.3) is 5.69 Å². The number of carbonyl (C=O) groups is 2. The molecule has 0 unspecified atom stereocenters. The summed E-state index contributed by atoms with van der Waals surface area (Å²) in [6.07, 6.45) is 0.341. The molecule has 1 aromatic rings. The maximum Gasteiger partial charge on any atom is 0.277 e. The molecule has 2 rings (SSSR count). The topological polar surface area (TPSA) is 97.5 Å². The maximum atomic E-state index is 12.5. The van der Waals surface area contributed by atoms with E-state index >= 15 is 0 Å². The molecule has 1 saturated carbocycles. The van der Waals surface area contributed by atoms with Crippen LogP contribution in [0.4, 0.5) is 5.69 Å². The molecule has 0 aromatic heterocycles. The normalized spacial score (nSPS) is 16.3. The number of nitro groups is 1. The Labute approximate surface area is 158 Å². The first-order chi connectivity index (χ1) is 12.4. The number of carbonyl (C=O) groups excluding carboxylic acids is 2. The van der Waals surface area contributed by atoms with Crippen LogP contribution in [0.3, 0.4) is 0 Å². The maximum absolute atomic E-state index is 12.5. The third-order valence-electron chi connectivity index (χ3n) is 5.09. The van der Waals surface area contributed by atoms with Crippen LogP contribution >= 0.6 is 0 Å². The second kappa shape index (κ2) is 7.10. The molecule has 0 aliphatic heterocycles. The van der Waals surface area contributed by atoms with Crippen LogP contribution in [0.2, 0.25) is 0 Å². The van der Waals surface area contributed by atoms with Crippen molar-refractivity contribution in [2.24, 2.45) is 5.41 Å². The van der Waals surface area contributed by atoms with Gasteiger partial charge in [0.1, 0.15) is 11.3 Å². The molecule has 0 bridgehead atoms. The number of hydrogen-bond donors (Lipinski definition) is 1. The lowest BCUT2D eigenvalue weighted by Gasteiger charge is -2.29. The van der Waals surface area contributed by atoms with Gasteiger partial charge >= 0.3 is 0 Å². The lowest BCUT2D eigenvalue weighted by atomic mass is 9.73. The zero-order chi connectivity index (χ0) is 20.7. The van der Waals surface area contributed by atoms with Gasteiger partial charge in [-0.25, -0.2) is 0 Å². The van der Waals surface area contributed by atoms with Crippen molar-refractivity contribution in [1.82, 2.24) is 0 Å². The molecule has 0 saturated heterocycles. The lowest BCUT2D eigenvalue weighted by molar-refractivity contribution is -0.385. The van der Waals surface area contributed by atoms with Crippen molar-refractivity contribution in [2.75, 3.05) is 0 Å². The van der Waals surface area contributed by atoms with Crippen molar-refractivity contribution >= 4 is 28.6 Å². The molecule has 1 fully saturated rings. The summed E-state index contributed by atoms with van der Waals surface area (Å²) in [5.74, 6) is -1.19. The largest absolute Gasteiger partial charge is 0.506 e. The second-order valence-electron chi connectivity index (χ2n) is 8.10. The monoisotopic (exact) mass is 371 g/mol. The number of aliphatic hydroxyl groups is 1. The van der Waals surface area contributed by atoms with E-state index in [4.69, 9.17) is 0 Å².